The Labute approximate surface area is 132 Å². The molecule has 22 heavy (non-hydrogen) atoms. The summed E-state index contributed by atoms with van der Waals surface area (Å²) in [5, 5.41) is 0. The van der Waals surface area contributed by atoms with Crippen molar-refractivity contribution in [2.45, 2.75) is 64.1 Å². The van der Waals surface area contributed by atoms with E-state index < -0.39 is 6.29 Å². The third-order valence-electron chi connectivity index (χ3n) is 3.41. The van der Waals surface area contributed by atoms with Crippen LogP contribution >= 0.6 is 0 Å². The van der Waals surface area contributed by atoms with Crippen LogP contribution in [0.1, 0.15) is 57.8 Å². The molecule has 0 bridgehead atoms. The molecular weight excluding hydrogens is 288 g/mol. The summed E-state index contributed by atoms with van der Waals surface area (Å²) in [6.45, 7) is 0. The molecule has 6 nitrogen and oxygen atoms in total. The predicted octanol–water partition coefficient (Wildman–Crippen LogP) is 2.43. The standard InChI is InChI=1S/C16H28O6/c1-20-15(19)10-8-6-4-5-7-9-13(17)11-12-14(18)16(21-2)22-3/h16H,4-12H2,1-3H3. The Morgan fingerprint density at radius 2 is 1.27 bits per heavy atom. The van der Waals surface area contributed by atoms with Gasteiger partial charge < -0.3 is 14.2 Å². The van der Waals surface area contributed by atoms with Gasteiger partial charge in [-0.1, -0.05) is 19.3 Å². The second-order valence-electron chi connectivity index (χ2n) is 5.15. The Kier molecular flexibility index (Phi) is 12.6. The average Bonchev–Trinajstić information content (AvgIpc) is 2.52. The van der Waals surface area contributed by atoms with Crippen LogP contribution in [0.15, 0.2) is 0 Å². The number of methoxy groups -OCH3 is 3. The van der Waals surface area contributed by atoms with Crippen LogP contribution < -0.4 is 0 Å². The minimum Gasteiger partial charge on any atom is -0.469 e. The van der Waals surface area contributed by atoms with E-state index in [1.165, 1.54) is 21.3 Å². The lowest BCUT2D eigenvalue weighted by atomic mass is 10.0. The van der Waals surface area contributed by atoms with E-state index >= 15 is 0 Å². The normalized spacial score (nSPS) is 10.7. The lowest BCUT2D eigenvalue weighted by molar-refractivity contribution is -0.157. The number of ketones is 2. The van der Waals surface area contributed by atoms with Gasteiger partial charge in [-0.2, -0.15) is 0 Å². The van der Waals surface area contributed by atoms with Crippen molar-refractivity contribution in [3.8, 4) is 0 Å². The second-order valence-corrected chi connectivity index (χ2v) is 5.15. The van der Waals surface area contributed by atoms with Crippen molar-refractivity contribution in [2.75, 3.05) is 21.3 Å². The molecule has 6 heteroatoms. The van der Waals surface area contributed by atoms with Gasteiger partial charge in [0.15, 0.2) is 5.78 Å². The molecule has 128 valence electrons. The maximum Gasteiger partial charge on any atom is 0.305 e. The first-order valence-electron chi connectivity index (χ1n) is 7.72. The molecule has 0 radical (unpaired) electrons. The topological polar surface area (TPSA) is 78.9 Å². The summed E-state index contributed by atoms with van der Waals surface area (Å²) in [6.07, 6.45) is 5.04. The lowest BCUT2D eigenvalue weighted by Gasteiger charge is -2.11. The monoisotopic (exact) mass is 316 g/mol. The molecule has 0 heterocycles. The number of rotatable bonds is 14. The van der Waals surface area contributed by atoms with E-state index in [4.69, 9.17) is 9.47 Å². The van der Waals surface area contributed by atoms with Gasteiger partial charge >= 0.3 is 5.97 Å². The summed E-state index contributed by atoms with van der Waals surface area (Å²) in [5.74, 6) is -0.291. The number of esters is 1. The second kappa shape index (κ2) is 13.4. The maximum absolute atomic E-state index is 11.7. The van der Waals surface area contributed by atoms with E-state index in [2.05, 4.69) is 4.74 Å². The fourth-order valence-corrected chi connectivity index (χ4v) is 2.09. The molecule has 0 rings (SSSR count). The van der Waals surface area contributed by atoms with E-state index in [0.29, 0.717) is 12.8 Å². The van der Waals surface area contributed by atoms with Gasteiger partial charge in [-0.3, -0.25) is 14.4 Å². The number of carbonyl (C=O) groups is 3. The molecule has 0 saturated heterocycles. The van der Waals surface area contributed by atoms with Crippen molar-refractivity contribution >= 4 is 17.5 Å². The van der Waals surface area contributed by atoms with Crippen LogP contribution in [0.5, 0.6) is 0 Å². The number of unbranched alkanes of at least 4 members (excludes halogenated alkanes) is 4. The first-order chi connectivity index (χ1) is 10.5. The highest BCUT2D eigenvalue weighted by Crippen LogP contribution is 2.10. The Bertz CT molecular complexity index is 336. The zero-order chi connectivity index (χ0) is 16.8. The minimum absolute atomic E-state index is 0.0915. The maximum atomic E-state index is 11.7. The van der Waals surface area contributed by atoms with Gasteiger partial charge in [0.25, 0.3) is 0 Å². The van der Waals surface area contributed by atoms with Crippen LogP contribution in [-0.2, 0) is 28.6 Å². The Morgan fingerprint density at radius 1 is 0.727 bits per heavy atom. The van der Waals surface area contributed by atoms with Gasteiger partial charge in [0.05, 0.1) is 7.11 Å². The molecule has 0 aromatic heterocycles. The fraction of sp³-hybridized carbons (Fsp3) is 0.812. The van der Waals surface area contributed by atoms with Gasteiger partial charge in [0, 0.05) is 39.9 Å². The smallest absolute Gasteiger partial charge is 0.305 e. The first-order valence-corrected chi connectivity index (χ1v) is 7.72. The summed E-state index contributed by atoms with van der Waals surface area (Å²) < 4.78 is 14.2. The zero-order valence-corrected chi connectivity index (χ0v) is 13.9. The SMILES string of the molecule is COC(=O)CCCCCCCC(=O)CCC(=O)C(OC)OC. The Hall–Kier alpha value is -1.27. The van der Waals surface area contributed by atoms with Crippen LogP contribution in [0.25, 0.3) is 0 Å². The fourth-order valence-electron chi connectivity index (χ4n) is 2.09. The predicted molar refractivity (Wildman–Crippen MR) is 81.4 cm³/mol. The molecule has 0 amide bonds. The summed E-state index contributed by atoms with van der Waals surface area (Å²) in [4.78, 5) is 34.2. The van der Waals surface area contributed by atoms with E-state index in [1.54, 1.807) is 0 Å². The molecule has 0 aromatic carbocycles. The van der Waals surface area contributed by atoms with Crippen molar-refractivity contribution in [1.82, 2.24) is 0 Å². The molecular formula is C16H28O6. The quantitative estimate of drug-likeness (QED) is 0.278. The largest absolute Gasteiger partial charge is 0.469 e. The molecule has 0 atom stereocenters. The van der Waals surface area contributed by atoms with Crippen LogP contribution in [0, 0.1) is 0 Å². The van der Waals surface area contributed by atoms with Crippen molar-refractivity contribution in [2.24, 2.45) is 0 Å². The highest BCUT2D eigenvalue weighted by atomic mass is 16.7. The highest BCUT2D eigenvalue weighted by molar-refractivity contribution is 5.87. The van der Waals surface area contributed by atoms with Gasteiger partial charge in [0.1, 0.15) is 5.78 Å². The van der Waals surface area contributed by atoms with Crippen LogP contribution in [-0.4, -0.2) is 45.2 Å². The van der Waals surface area contributed by atoms with Gasteiger partial charge in [-0.05, 0) is 12.8 Å². The molecule has 0 unspecified atom stereocenters. The number of Topliss-reactive ketones (excluding diaryl/α,β-unsaturated/α-hetero) is 2. The molecule has 0 spiro atoms. The number of ether oxygens (including phenoxy) is 3. The third kappa shape index (κ3) is 10.5. The molecule has 0 fully saturated rings. The average molecular weight is 316 g/mol. The van der Waals surface area contributed by atoms with Crippen LogP contribution in [0.2, 0.25) is 0 Å². The van der Waals surface area contributed by atoms with Gasteiger partial charge in [-0.25, -0.2) is 0 Å². The highest BCUT2D eigenvalue weighted by Gasteiger charge is 2.17. The zero-order valence-electron chi connectivity index (χ0n) is 13.9. The first kappa shape index (κ1) is 20.7. The van der Waals surface area contributed by atoms with Crippen molar-refractivity contribution in [1.29, 1.82) is 0 Å². The van der Waals surface area contributed by atoms with E-state index in [0.717, 1.165) is 32.1 Å². The molecule has 0 aliphatic heterocycles. The molecule has 0 aromatic rings. The van der Waals surface area contributed by atoms with E-state index in [9.17, 15) is 14.4 Å². The molecule has 0 N–H and O–H groups in total. The Balaban J connectivity index is 3.54. The van der Waals surface area contributed by atoms with E-state index in [-0.39, 0.29) is 30.4 Å². The third-order valence-corrected chi connectivity index (χ3v) is 3.41. The van der Waals surface area contributed by atoms with Crippen molar-refractivity contribution in [3.63, 3.8) is 0 Å². The van der Waals surface area contributed by atoms with E-state index in [1.807, 2.05) is 0 Å². The minimum atomic E-state index is -0.873. The lowest BCUT2D eigenvalue weighted by Crippen LogP contribution is -2.25. The van der Waals surface area contributed by atoms with Crippen molar-refractivity contribution < 1.29 is 28.6 Å². The molecule has 0 aliphatic carbocycles. The summed E-state index contributed by atoms with van der Waals surface area (Å²) in [7, 11) is 4.18. The number of carbonyl (C=O) groups excluding carboxylic acids is 3. The summed E-state index contributed by atoms with van der Waals surface area (Å²) in [6, 6.07) is 0. The number of hydrogen-bond donors (Lipinski definition) is 0. The molecule has 0 saturated carbocycles. The Morgan fingerprint density at radius 3 is 1.82 bits per heavy atom. The van der Waals surface area contributed by atoms with Gasteiger partial charge in [-0.15, -0.1) is 0 Å². The van der Waals surface area contributed by atoms with Gasteiger partial charge in [0.2, 0.25) is 6.29 Å². The van der Waals surface area contributed by atoms with Crippen LogP contribution in [0.3, 0.4) is 0 Å². The van der Waals surface area contributed by atoms with Crippen molar-refractivity contribution in [3.05, 3.63) is 0 Å². The summed E-state index contributed by atoms with van der Waals surface area (Å²) >= 11 is 0. The number of hydrogen-bond acceptors (Lipinski definition) is 6. The molecule has 0 aliphatic rings. The summed E-state index contributed by atoms with van der Waals surface area (Å²) in [5.41, 5.74) is 0. The van der Waals surface area contributed by atoms with Crippen LogP contribution in [0.4, 0.5) is 0 Å².